The van der Waals surface area contributed by atoms with E-state index in [-0.39, 0.29) is 6.61 Å². The molecule has 9 nitrogen and oxygen atoms in total. The van der Waals surface area contributed by atoms with E-state index in [0.717, 1.165) is 0 Å². The third-order valence-electron chi connectivity index (χ3n) is 1.47. The molecule has 0 aromatic rings. The van der Waals surface area contributed by atoms with E-state index < -0.39 is 27.4 Å². The lowest BCUT2D eigenvalue weighted by Crippen LogP contribution is -2.35. The summed E-state index contributed by atoms with van der Waals surface area (Å²) in [5.41, 5.74) is 0. The summed E-state index contributed by atoms with van der Waals surface area (Å²) in [4.78, 5) is 28.3. The van der Waals surface area contributed by atoms with Crippen LogP contribution in [0.1, 0.15) is 0 Å². The van der Waals surface area contributed by atoms with Crippen molar-refractivity contribution in [3.63, 3.8) is 0 Å². The maximum atomic E-state index is 10.0. The van der Waals surface area contributed by atoms with E-state index in [0.29, 0.717) is 0 Å². The summed E-state index contributed by atoms with van der Waals surface area (Å²) >= 11 is 2.91. The number of halogens is 1. The Morgan fingerprint density at radius 3 is 2.36 bits per heavy atom. The van der Waals surface area contributed by atoms with Gasteiger partial charge in [0.15, 0.2) is 12.2 Å². The van der Waals surface area contributed by atoms with Crippen LogP contribution in [0.5, 0.6) is 0 Å². The molecule has 0 spiro atoms. The molecule has 14 heavy (non-hydrogen) atoms. The zero-order valence-corrected chi connectivity index (χ0v) is 8.16. The van der Waals surface area contributed by atoms with Crippen LogP contribution >= 0.6 is 15.9 Å². The second-order valence-electron chi connectivity index (χ2n) is 2.35. The minimum Gasteiger partial charge on any atom is -0.362 e. The Labute approximate surface area is 85.3 Å². The molecule has 0 amide bonds. The summed E-state index contributed by atoms with van der Waals surface area (Å²) < 4.78 is 4.84. The zero-order chi connectivity index (χ0) is 10.7. The van der Waals surface area contributed by atoms with Crippen LogP contribution in [0, 0.1) is 20.2 Å². The van der Waals surface area contributed by atoms with Crippen LogP contribution in [0.4, 0.5) is 0 Å². The number of ether oxygens (including phenoxy) is 1. The molecular formula is C4H5BrN2O7. The summed E-state index contributed by atoms with van der Waals surface area (Å²) in [6.45, 7) is -0.143. The normalized spacial score (nSPS) is 31.1. The van der Waals surface area contributed by atoms with Crippen molar-refractivity contribution in [1.29, 1.82) is 0 Å². The lowest BCUT2D eigenvalue weighted by Gasteiger charge is -2.15. The average molecular weight is 273 g/mol. The molecule has 3 atom stereocenters. The monoisotopic (exact) mass is 272 g/mol. The SMILES string of the molecule is O=[N+]([O-])OC1COC(Br)C1O[N+](=O)[O-]. The van der Waals surface area contributed by atoms with Gasteiger partial charge in [0, 0.05) is 0 Å². The van der Waals surface area contributed by atoms with Gasteiger partial charge in [-0.3, -0.25) is 0 Å². The van der Waals surface area contributed by atoms with Gasteiger partial charge in [0.2, 0.25) is 0 Å². The standard InChI is InChI=1S/C4H5BrN2O7/c5-4-3(14-7(10)11)2(1-12-4)13-6(8)9/h2-4H,1H2. The highest BCUT2D eigenvalue weighted by Crippen LogP contribution is 2.24. The van der Waals surface area contributed by atoms with Crippen molar-refractivity contribution in [1.82, 2.24) is 0 Å². The number of alkyl halides is 1. The Morgan fingerprint density at radius 2 is 1.86 bits per heavy atom. The number of hydrogen-bond donors (Lipinski definition) is 0. The summed E-state index contributed by atoms with van der Waals surface area (Å²) in [6.07, 6.45) is -2.24. The summed E-state index contributed by atoms with van der Waals surface area (Å²) in [5.74, 6) is 0. The molecule has 1 aliphatic rings. The summed E-state index contributed by atoms with van der Waals surface area (Å²) in [6, 6.07) is 0. The average Bonchev–Trinajstić information content (AvgIpc) is 2.34. The van der Waals surface area contributed by atoms with E-state index in [2.05, 4.69) is 25.6 Å². The van der Waals surface area contributed by atoms with Crippen LogP contribution in [0.15, 0.2) is 0 Å². The molecular weight excluding hydrogens is 268 g/mol. The van der Waals surface area contributed by atoms with Gasteiger partial charge < -0.3 is 14.4 Å². The van der Waals surface area contributed by atoms with Gasteiger partial charge in [-0.2, -0.15) is 0 Å². The minimum absolute atomic E-state index is 0.143. The molecule has 1 rings (SSSR count). The van der Waals surface area contributed by atoms with Crippen molar-refractivity contribution >= 4 is 15.9 Å². The zero-order valence-electron chi connectivity index (χ0n) is 6.57. The molecule has 0 bridgehead atoms. The first-order valence-electron chi connectivity index (χ1n) is 3.38. The van der Waals surface area contributed by atoms with Crippen molar-refractivity contribution in [3.8, 4) is 0 Å². The molecule has 0 saturated carbocycles. The van der Waals surface area contributed by atoms with Gasteiger partial charge in [-0.1, -0.05) is 15.9 Å². The molecule has 10 heteroatoms. The maximum Gasteiger partial charge on any atom is 0.294 e. The fourth-order valence-electron chi connectivity index (χ4n) is 0.961. The van der Waals surface area contributed by atoms with Gasteiger partial charge in [-0.25, -0.2) is 0 Å². The van der Waals surface area contributed by atoms with Crippen molar-refractivity contribution in [3.05, 3.63) is 20.2 Å². The molecule has 0 aliphatic carbocycles. The molecule has 80 valence electrons. The van der Waals surface area contributed by atoms with E-state index in [1.54, 1.807) is 0 Å². The van der Waals surface area contributed by atoms with Gasteiger partial charge in [-0.05, 0) is 0 Å². The van der Waals surface area contributed by atoms with Crippen LogP contribution in [-0.2, 0) is 14.4 Å². The molecule has 1 aliphatic heterocycles. The quantitative estimate of drug-likeness (QED) is 0.398. The molecule has 0 N–H and O–H groups in total. The Morgan fingerprint density at radius 1 is 1.29 bits per heavy atom. The van der Waals surface area contributed by atoms with Crippen molar-refractivity contribution in [2.24, 2.45) is 0 Å². The third kappa shape index (κ3) is 2.67. The highest BCUT2D eigenvalue weighted by atomic mass is 79.9. The summed E-state index contributed by atoms with van der Waals surface area (Å²) in [5, 5.41) is 17.1. The maximum absolute atomic E-state index is 10.0. The smallest absolute Gasteiger partial charge is 0.294 e. The van der Waals surface area contributed by atoms with Crippen molar-refractivity contribution in [2.75, 3.05) is 6.61 Å². The fourth-order valence-corrected chi connectivity index (χ4v) is 1.55. The first kappa shape index (κ1) is 10.9. The molecule has 0 aromatic heterocycles. The van der Waals surface area contributed by atoms with Crippen molar-refractivity contribution in [2.45, 2.75) is 17.2 Å². The van der Waals surface area contributed by atoms with E-state index in [1.807, 2.05) is 0 Å². The first-order valence-corrected chi connectivity index (χ1v) is 4.30. The van der Waals surface area contributed by atoms with Gasteiger partial charge in [0.05, 0.1) is 6.61 Å². The topological polar surface area (TPSA) is 114 Å². The largest absolute Gasteiger partial charge is 0.362 e. The van der Waals surface area contributed by atoms with E-state index >= 15 is 0 Å². The Bertz CT molecular complexity index is 248. The molecule has 1 saturated heterocycles. The lowest BCUT2D eigenvalue weighted by molar-refractivity contribution is -0.796. The van der Waals surface area contributed by atoms with Crippen molar-refractivity contribution < 1.29 is 24.6 Å². The number of rotatable bonds is 4. The van der Waals surface area contributed by atoms with Gasteiger partial charge in [0.25, 0.3) is 10.2 Å². The van der Waals surface area contributed by atoms with Crippen LogP contribution in [0.3, 0.4) is 0 Å². The molecule has 3 unspecified atom stereocenters. The Kier molecular flexibility index (Phi) is 3.41. The van der Waals surface area contributed by atoms with Crippen LogP contribution in [-0.4, -0.2) is 34.0 Å². The Balaban J connectivity index is 2.56. The second kappa shape index (κ2) is 4.37. The van der Waals surface area contributed by atoms with Gasteiger partial charge >= 0.3 is 0 Å². The molecule has 0 radical (unpaired) electrons. The molecule has 1 heterocycles. The number of hydrogen-bond acceptors (Lipinski definition) is 7. The first-order chi connectivity index (χ1) is 6.50. The van der Waals surface area contributed by atoms with E-state index in [4.69, 9.17) is 4.74 Å². The fraction of sp³-hybridized carbons (Fsp3) is 1.00. The molecule has 1 fully saturated rings. The third-order valence-corrected chi connectivity index (χ3v) is 2.26. The van der Waals surface area contributed by atoms with E-state index in [1.165, 1.54) is 0 Å². The van der Waals surface area contributed by atoms with Crippen LogP contribution < -0.4 is 0 Å². The second-order valence-corrected chi connectivity index (χ2v) is 3.25. The van der Waals surface area contributed by atoms with Gasteiger partial charge in [0.1, 0.15) is 5.01 Å². The predicted molar refractivity (Wildman–Crippen MR) is 42.4 cm³/mol. The molecule has 0 aromatic carbocycles. The van der Waals surface area contributed by atoms with Crippen LogP contribution in [0.2, 0.25) is 0 Å². The number of nitrogens with zero attached hydrogens (tertiary/aromatic N) is 2. The minimum atomic E-state index is -1.14. The van der Waals surface area contributed by atoms with Crippen LogP contribution in [0.25, 0.3) is 0 Å². The Hall–Kier alpha value is -1.16. The lowest BCUT2D eigenvalue weighted by atomic mass is 10.3. The highest BCUT2D eigenvalue weighted by Gasteiger charge is 2.41. The van der Waals surface area contributed by atoms with Gasteiger partial charge in [-0.15, -0.1) is 20.2 Å². The summed E-state index contributed by atoms with van der Waals surface area (Å²) in [7, 11) is 0. The predicted octanol–water partition coefficient (Wildman–Crippen LogP) is -0.109. The highest BCUT2D eigenvalue weighted by molar-refractivity contribution is 9.09. The van der Waals surface area contributed by atoms with E-state index in [9.17, 15) is 20.2 Å².